The SMILES string of the molecule is CCCCCCCCCC(=O)OC(=O)C[C@H](N)C(=O)O. The molecule has 0 aliphatic rings. The van der Waals surface area contributed by atoms with Gasteiger partial charge in [0.1, 0.15) is 6.04 Å². The summed E-state index contributed by atoms with van der Waals surface area (Å²) in [5, 5.41) is 8.51. The van der Waals surface area contributed by atoms with Crippen molar-refractivity contribution >= 4 is 17.9 Å². The average molecular weight is 287 g/mol. The van der Waals surface area contributed by atoms with E-state index in [9.17, 15) is 14.4 Å². The topological polar surface area (TPSA) is 107 Å². The van der Waals surface area contributed by atoms with Crippen molar-refractivity contribution in [2.45, 2.75) is 70.8 Å². The number of carboxylic acids is 1. The summed E-state index contributed by atoms with van der Waals surface area (Å²) in [6.45, 7) is 2.16. The summed E-state index contributed by atoms with van der Waals surface area (Å²) in [6.07, 6.45) is 7.20. The number of hydrogen-bond donors (Lipinski definition) is 2. The maximum Gasteiger partial charge on any atom is 0.321 e. The van der Waals surface area contributed by atoms with Crippen LogP contribution < -0.4 is 5.73 Å². The van der Waals surface area contributed by atoms with Crippen LogP contribution in [-0.2, 0) is 19.1 Å². The predicted octanol–water partition coefficient (Wildman–Crippen LogP) is 2.00. The molecule has 0 fully saturated rings. The van der Waals surface area contributed by atoms with E-state index in [1.807, 2.05) is 0 Å². The first kappa shape index (κ1) is 18.6. The summed E-state index contributed by atoms with van der Waals surface area (Å²) < 4.78 is 4.50. The molecule has 0 amide bonds. The molecule has 0 spiro atoms. The Hall–Kier alpha value is -1.43. The smallest absolute Gasteiger partial charge is 0.321 e. The van der Waals surface area contributed by atoms with Gasteiger partial charge in [0.05, 0.1) is 6.42 Å². The Bertz CT molecular complexity index is 317. The van der Waals surface area contributed by atoms with E-state index in [1.165, 1.54) is 19.3 Å². The van der Waals surface area contributed by atoms with Gasteiger partial charge in [-0.1, -0.05) is 45.4 Å². The molecular weight excluding hydrogens is 262 g/mol. The summed E-state index contributed by atoms with van der Waals surface area (Å²) in [5.41, 5.74) is 5.16. The highest BCUT2D eigenvalue weighted by molar-refractivity contribution is 5.88. The first-order valence-corrected chi connectivity index (χ1v) is 7.19. The van der Waals surface area contributed by atoms with Gasteiger partial charge in [0, 0.05) is 6.42 Å². The van der Waals surface area contributed by atoms with Gasteiger partial charge in [-0.25, -0.2) is 0 Å². The minimum absolute atomic E-state index is 0.182. The van der Waals surface area contributed by atoms with E-state index in [2.05, 4.69) is 11.7 Å². The zero-order valence-electron chi connectivity index (χ0n) is 12.1. The molecule has 0 aromatic carbocycles. The van der Waals surface area contributed by atoms with E-state index >= 15 is 0 Å². The Morgan fingerprint density at radius 2 is 1.55 bits per heavy atom. The predicted molar refractivity (Wildman–Crippen MR) is 73.9 cm³/mol. The summed E-state index contributed by atoms with van der Waals surface area (Å²) in [6, 6.07) is -1.33. The van der Waals surface area contributed by atoms with Gasteiger partial charge in [0.25, 0.3) is 0 Å². The Morgan fingerprint density at radius 3 is 2.10 bits per heavy atom. The first-order valence-electron chi connectivity index (χ1n) is 7.19. The highest BCUT2D eigenvalue weighted by atomic mass is 16.6. The van der Waals surface area contributed by atoms with Gasteiger partial charge < -0.3 is 15.6 Å². The van der Waals surface area contributed by atoms with Gasteiger partial charge >= 0.3 is 17.9 Å². The number of carbonyl (C=O) groups is 3. The molecule has 1 atom stereocenters. The van der Waals surface area contributed by atoms with Gasteiger partial charge in [0.2, 0.25) is 0 Å². The van der Waals surface area contributed by atoms with Gasteiger partial charge in [-0.05, 0) is 6.42 Å². The van der Waals surface area contributed by atoms with Crippen molar-refractivity contribution in [3.05, 3.63) is 0 Å². The highest BCUT2D eigenvalue weighted by Crippen LogP contribution is 2.09. The summed E-state index contributed by atoms with van der Waals surface area (Å²) >= 11 is 0. The fraction of sp³-hybridized carbons (Fsp3) is 0.786. The monoisotopic (exact) mass is 287 g/mol. The van der Waals surface area contributed by atoms with Gasteiger partial charge in [-0.3, -0.25) is 14.4 Å². The lowest BCUT2D eigenvalue weighted by atomic mass is 10.1. The van der Waals surface area contributed by atoms with Crippen molar-refractivity contribution in [1.29, 1.82) is 0 Å². The lowest BCUT2D eigenvalue weighted by Crippen LogP contribution is -2.33. The Balaban J connectivity index is 3.58. The van der Waals surface area contributed by atoms with Gasteiger partial charge in [-0.2, -0.15) is 0 Å². The Labute approximate surface area is 119 Å². The molecule has 0 rings (SSSR count). The van der Waals surface area contributed by atoms with E-state index in [-0.39, 0.29) is 6.42 Å². The van der Waals surface area contributed by atoms with E-state index in [0.29, 0.717) is 6.42 Å². The number of carbonyl (C=O) groups excluding carboxylic acids is 2. The summed E-state index contributed by atoms with van der Waals surface area (Å²) in [5.74, 6) is -2.78. The van der Waals surface area contributed by atoms with Crippen LogP contribution in [0.2, 0.25) is 0 Å². The quantitative estimate of drug-likeness (QED) is 0.342. The second-order valence-electron chi connectivity index (χ2n) is 4.87. The maximum atomic E-state index is 11.3. The van der Waals surface area contributed by atoms with Crippen LogP contribution in [0.5, 0.6) is 0 Å². The number of hydrogen-bond acceptors (Lipinski definition) is 5. The standard InChI is InChI=1S/C14H25NO5/c1-2-3-4-5-6-7-8-9-12(16)20-13(17)10-11(15)14(18)19/h11H,2-10,15H2,1H3,(H,18,19)/t11-/m0/s1. The third-order valence-corrected chi connectivity index (χ3v) is 2.92. The Kier molecular flexibility index (Phi) is 10.6. The minimum atomic E-state index is -1.33. The van der Waals surface area contributed by atoms with E-state index in [4.69, 9.17) is 10.8 Å². The lowest BCUT2D eigenvalue weighted by Gasteiger charge is -2.06. The third-order valence-electron chi connectivity index (χ3n) is 2.92. The molecule has 0 saturated carbocycles. The molecule has 0 aliphatic carbocycles. The first-order chi connectivity index (χ1) is 9.47. The number of aliphatic carboxylic acids is 1. The number of carboxylic acid groups (broad SMARTS) is 1. The van der Waals surface area contributed by atoms with E-state index in [1.54, 1.807) is 0 Å². The molecule has 0 bridgehead atoms. The molecule has 0 heterocycles. The normalized spacial score (nSPS) is 11.9. The maximum absolute atomic E-state index is 11.3. The molecule has 0 aromatic heterocycles. The molecule has 0 aromatic rings. The van der Waals surface area contributed by atoms with Crippen LogP contribution in [0.25, 0.3) is 0 Å². The van der Waals surface area contributed by atoms with Crippen LogP contribution in [0, 0.1) is 0 Å². The second-order valence-corrected chi connectivity index (χ2v) is 4.87. The molecule has 6 nitrogen and oxygen atoms in total. The minimum Gasteiger partial charge on any atom is -0.480 e. The van der Waals surface area contributed by atoms with Gasteiger partial charge in [0.15, 0.2) is 0 Å². The molecule has 6 heteroatoms. The van der Waals surface area contributed by atoms with Crippen LogP contribution in [0.1, 0.15) is 64.7 Å². The van der Waals surface area contributed by atoms with Crippen molar-refractivity contribution in [3.63, 3.8) is 0 Å². The lowest BCUT2D eigenvalue weighted by molar-refractivity contribution is -0.161. The summed E-state index contributed by atoms with van der Waals surface area (Å²) in [7, 11) is 0. The number of nitrogens with two attached hydrogens (primary N) is 1. The number of esters is 2. The molecule has 0 saturated heterocycles. The number of unbranched alkanes of at least 4 members (excludes halogenated alkanes) is 6. The molecule has 3 N–H and O–H groups in total. The van der Waals surface area contributed by atoms with Crippen LogP contribution in [0.3, 0.4) is 0 Å². The molecule has 20 heavy (non-hydrogen) atoms. The Morgan fingerprint density at radius 1 is 1.00 bits per heavy atom. The highest BCUT2D eigenvalue weighted by Gasteiger charge is 2.19. The average Bonchev–Trinajstić information content (AvgIpc) is 2.37. The van der Waals surface area contributed by atoms with Crippen molar-refractivity contribution in [3.8, 4) is 0 Å². The molecule has 0 unspecified atom stereocenters. The zero-order valence-corrected chi connectivity index (χ0v) is 12.1. The zero-order chi connectivity index (χ0) is 15.4. The van der Waals surface area contributed by atoms with E-state index in [0.717, 1.165) is 19.3 Å². The molecule has 0 aliphatic heterocycles. The van der Waals surface area contributed by atoms with E-state index < -0.39 is 30.4 Å². The van der Waals surface area contributed by atoms with Crippen molar-refractivity contribution in [1.82, 2.24) is 0 Å². The fourth-order valence-electron chi connectivity index (χ4n) is 1.71. The van der Waals surface area contributed by atoms with Crippen LogP contribution in [0.4, 0.5) is 0 Å². The number of rotatable bonds is 11. The molecular formula is C14H25NO5. The van der Waals surface area contributed by atoms with Crippen LogP contribution in [-0.4, -0.2) is 29.1 Å². The number of ether oxygens (including phenoxy) is 1. The second kappa shape index (κ2) is 11.4. The van der Waals surface area contributed by atoms with Crippen LogP contribution >= 0.6 is 0 Å². The molecule has 116 valence electrons. The van der Waals surface area contributed by atoms with Crippen molar-refractivity contribution in [2.24, 2.45) is 5.73 Å². The fourth-order valence-corrected chi connectivity index (χ4v) is 1.71. The molecule has 0 radical (unpaired) electrons. The van der Waals surface area contributed by atoms with Crippen molar-refractivity contribution < 1.29 is 24.2 Å². The largest absolute Gasteiger partial charge is 0.480 e. The van der Waals surface area contributed by atoms with Crippen molar-refractivity contribution in [2.75, 3.05) is 0 Å². The van der Waals surface area contributed by atoms with Gasteiger partial charge in [-0.15, -0.1) is 0 Å². The summed E-state index contributed by atoms with van der Waals surface area (Å²) in [4.78, 5) is 32.9. The third kappa shape index (κ3) is 10.5. The van der Waals surface area contributed by atoms with Crippen LogP contribution in [0.15, 0.2) is 0 Å².